The van der Waals surface area contributed by atoms with Crippen LogP contribution in [0.3, 0.4) is 0 Å². The molecule has 0 aliphatic carbocycles. The Morgan fingerprint density at radius 1 is 1.40 bits per heavy atom. The number of rotatable bonds is 5. The Balaban J connectivity index is 2.19. The molecule has 0 amide bonds. The van der Waals surface area contributed by atoms with Crippen molar-refractivity contribution in [1.29, 1.82) is 0 Å². The third-order valence-electron chi connectivity index (χ3n) is 3.09. The van der Waals surface area contributed by atoms with E-state index in [1.165, 1.54) is 0 Å². The first-order chi connectivity index (χ1) is 9.49. The van der Waals surface area contributed by atoms with Crippen LogP contribution in [0.1, 0.15) is 37.2 Å². The summed E-state index contributed by atoms with van der Waals surface area (Å²) in [5, 5.41) is 5.23. The van der Waals surface area contributed by atoms with Gasteiger partial charge in [-0.05, 0) is 43.7 Å². The number of hydrogen-bond donors (Lipinski definition) is 2. The number of benzene rings is 1. The third kappa shape index (κ3) is 3.82. The second-order valence-corrected chi connectivity index (χ2v) is 6.36. The van der Waals surface area contributed by atoms with Crippen LogP contribution < -0.4 is 11.3 Å². The summed E-state index contributed by atoms with van der Waals surface area (Å²) in [5.41, 5.74) is 4.86. The van der Waals surface area contributed by atoms with E-state index in [-0.39, 0.29) is 6.04 Å². The van der Waals surface area contributed by atoms with Gasteiger partial charge in [-0.15, -0.1) is 0 Å². The molecule has 0 radical (unpaired) electrons. The molecule has 0 spiro atoms. The van der Waals surface area contributed by atoms with Crippen LogP contribution in [0.5, 0.6) is 0 Å². The average Bonchev–Trinajstić information content (AvgIpc) is 2.83. The maximum absolute atomic E-state index is 6.08. The molecule has 1 aromatic heterocycles. The van der Waals surface area contributed by atoms with E-state index in [1.54, 1.807) is 0 Å². The van der Waals surface area contributed by atoms with Gasteiger partial charge in [0, 0.05) is 28.2 Å². The van der Waals surface area contributed by atoms with Crippen molar-refractivity contribution in [3.63, 3.8) is 0 Å². The number of nitrogens with one attached hydrogen (secondary N) is 1. The quantitative estimate of drug-likeness (QED) is 0.634. The maximum atomic E-state index is 6.08. The Bertz CT molecular complexity index is 562. The number of halogens is 2. The molecule has 2 rings (SSSR count). The molecule has 0 fully saturated rings. The van der Waals surface area contributed by atoms with Crippen molar-refractivity contribution in [3.05, 3.63) is 51.2 Å². The highest BCUT2D eigenvalue weighted by Gasteiger charge is 2.14. The fourth-order valence-electron chi connectivity index (χ4n) is 2.03. The Labute approximate surface area is 132 Å². The molecule has 1 aromatic carbocycles. The van der Waals surface area contributed by atoms with Crippen LogP contribution in [0, 0.1) is 0 Å². The summed E-state index contributed by atoms with van der Waals surface area (Å²) in [5.74, 6) is 5.68. The van der Waals surface area contributed by atoms with Gasteiger partial charge in [0.1, 0.15) is 0 Å². The largest absolute Gasteiger partial charge is 0.271 e. The molecule has 20 heavy (non-hydrogen) atoms. The first kappa shape index (κ1) is 15.5. The molecular formula is C14H18BrClN4. The summed E-state index contributed by atoms with van der Waals surface area (Å²) in [6.45, 7) is 4.20. The van der Waals surface area contributed by atoms with Gasteiger partial charge < -0.3 is 0 Å². The second kappa shape index (κ2) is 6.72. The topological polar surface area (TPSA) is 55.9 Å². The van der Waals surface area contributed by atoms with E-state index in [0.29, 0.717) is 17.5 Å². The third-order valence-corrected chi connectivity index (χ3v) is 3.77. The van der Waals surface area contributed by atoms with E-state index >= 15 is 0 Å². The molecule has 0 saturated carbocycles. The molecule has 3 N–H and O–H groups in total. The fourth-order valence-corrected chi connectivity index (χ4v) is 2.92. The van der Waals surface area contributed by atoms with Crippen LogP contribution in [0.15, 0.2) is 34.9 Å². The van der Waals surface area contributed by atoms with Crippen LogP contribution >= 0.6 is 27.5 Å². The zero-order valence-electron chi connectivity index (χ0n) is 11.5. The predicted molar refractivity (Wildman–Crippen MR) is 85.5 cm³/mol. The molecule has 1 atom stereocenters. The summed E-state index contributed by atoms with van der Waals surface area (Å²) < 4.78 is 2.88. The standard InChI is InChI=1S/C14H18BrClN4/c1-9(2)20-4-3-13(19-20)8-14(18-17)10-5-11(15)7-12(16)6-10/h3-7,9,14,18H,8,17H2,1-2H3. The zero-order valence-corrected chi connectivity index (χ0v) is 13.8. The fraction of sp³-hybridized carbons (Fsp3) is 0.357. The summed E-state index contributed by atoms with van der Waals surface area (Å²) >= 11 is 9.53. The second-order valence-electron chi connectivity index (χ2n) is 5.01. The van der Waals surface area contributed by atoms with E-state index in [9.17, 15) is 0 Å². The maximum Gasteiger partial charge on any atom is 0.0644 e. The Morgan fingerprint density at radius 2 is 2.15 bits per heavy atom. The van der Waals surface area contributed by atoms with Gasteiger partial charge in [-0.1, -0.05) is 27.5 Å². The number of aromatic nitrogens is 2. The van der Waals surface area contributed by atoms with Gasteiger partial charge in [-0.3, -0.25) is 16.0 Å². The summed E-state index contributed by atoms with van der Waals surface area (Å²) in [6, 6.07) is 8.12. The molecule has 0 saturated heterocycles. The van der Waals surface area contributed by atoms with Crippen molar-refractivity contribution in [2.75, 3.05) is 0 Å². The lowest BCUT2D eigenvalue weighted by molar-refractivity contribution is 0.507. The summed E-state index contributed by atoms with van der Waals surface area (Å²) in [7, 11) is 0. The van der Waals surface area contributed by atoms with Gasteiger partial charge >= 0.3 is 0 Å². The Hall–Kier alpha value is -0.880. The van der Waals surface area contributed by atoms with Crippen LogP contribution in [0.4, 0.5) is 0 Å². The molecule has 0 aliphatic heterocycles. The zero-order chi connectivity index (χ0) is 14.7. The van der Waals surface area contributed by atoms with Gasteiger partial charge in [0.2, 0.25) is 0 Å². The van der Waals surface area contributed by atoms with Gasteiger partial charge in [0.25, 0.3) is 0 Å². The van der Waals surface area contributed by atoms with Crippen LogP contribution in [0.25, 0.3) is 0 Å². The lowest BCUT2D eigenvalue weighted by Crippen LogP contribution is -2.29. The molecule has 1 unspecified atom stereocenters. The Morgan fingerprint density at radius 3 is 2.70 bits per heavy atom. The summed E-state index contributed by atoms with van der Waals surface area (Å²) in [4.78, 5) is 0. The van der Waals surface area contributed by atoms with Crippen molar-refractivity contribution in [1.82, 2.24) is 15.2 Å². The molecule has 2 aromatic rings. The van der Waals surface area contributed by atoms with E-state index in [4.69, 9.17) is 17.4 Å². The van der Waals surface area contributed by atoms with Crippen LogP contribution in [0.2, 0.25) is 5.02 Å². The average molecular weight is 358 g/mol. The van der Waals surface area contributed by atoms with Crippen LogP contribution in [-0.2, 0) is 6.42 Å². The van der Waals surface area contributed by atoms with Gasteiger partial charge in [0.05, 0.1) is 11.7 Å². The SMILES string of the molecule is CC(C)n1ccc(CC(NN)c2cc(Cl)cc(Br)c2)n1. The molecule has 0 bridgehead atoms. The highest BCUT2D eigenvalue weighted by molar-refractivity contribution is 9.10. The highest BCUT2D eigenvalue weighted by atomic mass is 79.9. The first-order valence-electron chi connectivity index (χ1n) is 6.45. The van der Waals surface area contributed by atoms with Crippen molar-refractivity contribution < 1.29 is 0 Å². The number of nitrogens with zero attached hydrogens (tertiary/aromatic N) is 2. The number of nitrogens with two attached hydrogens (primary N) is 1. The molecule has 4 nitrogen and oxygen atoms in total. The summed E-state index contributed by atoms with van der Waals surface area (Å²) in [6.07, 6.45) is 2.70. The lowest BCUT2D eigenvalue weighted by Gasteiger charge is -2.16. The smallest absolute Gasteiger partial charge is 0.0644 e. The van der Waals surface area contributed by atoms with Crippen molar-refractivity contribution in [2.24, 2.45) is 5.84 Å². The van der Waals surface area contributed by atoms with E-state index in [1.807, 2.05) is 35.1 Å². The normalized spacial score (nSPS) is 12.9. The van der Waals surface area contributed by atoms with Gasteiger partial charge in [0.15, 0.2) is 0 Å². The minimum absolute atomic E-state index is 0.0273. The molecule has 1 heterocycles. The highest BCUT2D eigenvalue weighted by Crippen LogP contribution is 2.25. The lowest BCUT2D eigenvalue weighted by atomic mass is 10.0. The molecule has 0 aliphatic rings. The minimum Gasteiger partial charge on any atom is -0.271 e. The number of hydrogen-bond acceptors (Lipinski definition) is 3. The van der Waals surface area contributed by atoms with Crippen LogP contribution in [-0.4, -0.2) is 9.78 Å². The van der Waals surface area contributed by atoms with E-state index in [0.717, 1.165) is 15.7 Å². The minimum atomic E-state index is -0.0273. The monoisotopic (exact) mass is 356 g/mol. The van der Waals surface area contributed by atoms with Crippen molar-refractivity contribution in [3.8, 4) is 0 Å². The predicted octanol–water partition coefficient (Wildman–Crippen LogP) is 3.63. The Kier molecular flexibility index (Phi) is 5.21. The van der Waals surface area contributed by atoms with Gasteiger partial charge in [-0.2, -0.15) is 5.10 Å². The van der Waals surface area contributed by atoms with Crippen molar-refractivity contribution >= 4 is 27.5 Å². The van der Waals surface area contributed by atoms with Gasteiger partial charge in [-0.25, -0.2) is 0 Å². The first-order valence-corrected chi connectivity index (χ1v) is 7.63. The van der Waals surface area contributed by atoms with E-state index < -0.39 is 0 Å². The molecule has 108 valence electrons. The number of hydrazine groups is 1. The molecule has 6 heteroatoms. The molecular weight excluding hydrogens is 340 g/mol. The van der Waals surface area contributed by atoms with E-state index in [2.05, 4.69) is 40.3 Å². The van der Waals surface area contributed by atoms with Crippen molar-refractivity contribution in [2.45, 2.75) is 32.4 Å².